The van der Waals surface area contributed by atoms with Gasteiger partial charge in [0.25, 0.3) is 0 Å². The molecular weight excluding hydrogens is 274 g/mol. The fraction of sp³-hybridized carbons (Fsp3) is 0.143. The van der Waals surface area contributed by atoms with Crippen LogP contribution in [0.15, 0.2) is 41.4 Å². The van der Waals surface area contributed by atoms with Gasteiger partial charge in [-0.1, -0.05) is 0 Å². The lowest BCUT2D eigenvalue weighted by Crippen LogP contribution is -1.94. The van der Waals surface area contributed by atoms with E-state index in [1.165, 1.54) is 16.0 Å². The molecule has 19 heavy (non-hydrogen) atoms. The quantitative estimate of drug-likeness (QED) is 0.801. The molecule has 0 unspecified atom stereocenters. The molecule has 3 nitrogen and oxygen atoms in total. The molecule has 0 radical (unpaired) electrons. The predicted molar refractivity (Wildman–Crippen MR) is 80.4 cm³/mol. The average Bonchev–Trinajstić information content (AvgIpc) is 3.08. The molecular formula is C14H13N3S2. The van der Waals surface area contributed by atoms with Crippen molar-refractivity contribution in [3.8, 4) is 11.3 Å². The highest BCUT2D eigenvalue weighted by molar-refractivity contribution is 7.12. The van der Waals surface area contributed by atoms with Crippen molar-refractivity contribution in [1.82, 2.24) is 9.97 Å². The molecule has 3 aromatic rings. The molecule has 2 N–H and O–H groups in total. The zero-order valence-electron chi connectivity index (χ0n) is 10.2. The molecule has 0 fully saturated rings. The van der Waals surface area contributed by atoms with Crippen LogP contribution in [0.4, 0.5) is 0 Å². The van der Waals surface area contributed by atoms with E-state index in [4.69, 9.17) is 5.73 Å². The van der Waals surface area contributed by atoms with Gasteiger partial charge in [0, 0.05) is 41.2 Å². The fourth-order valence-electron chi connectivity index (χ4n) is 1.92. The molecule has 0 atom stereocenters. The van der Waals surface area contributed by atoms with Crippen molar-refractivity contribution >= 4 is 22.7 Å². The zero-order valence-corrected chi connectivity index (χ0v) is 11.9. The topological polar surface area (TPSA) is 51.8 Å². The maximum absolute atomic E-state index is 5.72. The van der Waals surface area contributed by atoms with Crippen molar-refractivity contribution in [2.45, 2.75) is 13.0 Å². The Bertz CT molecular complexity index is 645. The molecule has 0 spiro atoms. The van der Waals surface area contributed by atoms with E-state index in [2.05, 4.69) is 26.8 Å². The first-order valence-electron chi connectivity index (χ1n) is 5.97. The van der Waals surface area contributed by atoms with E-state index in [9.17, 15) is 0 Å². The van der Waals surface area contributed by atoms with Gasteiger partial charge in [0.15, 0.2) is 0 Å². The third-order valence-electron chi connectivity index (χ3n) is 2.82. The molecule has 0 aliphatic heterocycles. The molecule has 0 amide bonds. The number of nitrogens with zero attached hydrogens (tertiary/aromatic N) is 2. The lowest BCUT2D eigenvalue weighted by molar-refractivity contribution is 1.04. The Hall–Kier alpha value is -1.56. The lowest BCUT2D eigenvalue weighted by atomic mass is 10.1. The first kappa shape index (κ1) is 12.5. The minimum absolute atomic E-state index is 0.498. The van der Waals surface area contributed by atoms with E-state index < -0.39 is 0 Å². The number of rotatable bonds is 4. The largest absolute Gasteiger partial charge is 0.325 e. The lowest BCUT2D eigenvalue weighted by Gasteiger charge is -2.00. The maximum atomic E-state index is 5.72. The Morgan fingerprint density at radius 3 is 2.68 bits per heavy atom. The van der Waals surface area contributed by atoms with E-state index in [1.54, 1.807) is 22.7 Å². The van der Waals surface area contributed by atoms with E-state index >= 15 is 0 Å². The summed E-state index contributed by atoms with van der Waals surface area (Å²) in [6, 6.07) is 6.19. The number of nitrogens with two attached hydrogens (primary N) is 1. The van der Waals surface area contributed by atoms with Gasteiger partial charge in [-0.2, -0.15) is 11.3 Å². The highest BCUT2D eigenvalue weighted by atomic mass is 32.1. The maximum Gasteiger partial charge on any atom is 0.107 e. The number of thiazole rings is 1. The molecule has 0 aromatic carbocycles. The standard InChI is InChI=1S/C14H13N3S2/c15-8-13-17-14(11-3-6-18-9-11)12(19-13)7-10-1-4-16-5-2-10/h1-6,9H,7-8,15H2. The number of hydrogen-bond donors (Lipinski definition) is 1. The first-order chi connectivity index (χ1) is 9.36. The van der Waals surface area contributed by atoms with Crippen LogP contribution in [-0.4, -0.2) is 9.97 Å². The summed E-state index contributed by atoms with van der Waals surface area (Å²) >= 11 is 3.39. The van der Waals surface area contributed by atoms with E-state index in [1.807, 2.05) is 24.5 Å². The molecule has 0 aliphatic rings. The summed E-state index contributed by atoms with van der Waals surface area (Å²) in [6.45, 7) is 0.498. The molecule has 96 valence electrons. The van der Waals surface area contributed by atoms with E-state index in [0.29, 0.717) is 6.54 Å². The van der Waals surface area contributed by atoms with Gasteiger partial charge < -0.3 is 5.73 Å². The summed E-state index contributed by atoms with van der Waals surface area (Å²) in [5, 5.41) is 5.20. The van der Waals surface area contributed by atoms with Crippen molar-refractivity contribution in [1.29, 1.82) is 0 Å². The summed E-state index contributed by atoms with van der Waals surface area (Å²) < 4.78 is 0. The van der Waals surface area contributed by atoms with Gasteiger partial charge in [0.2, 0.25) is 0 Å². The van der Waals surface area contributed by atoms with Gasteiger partial charge in [0.1, 0.15) is 5.01 Å². The Morgan fingerprint density at radius 2 is 2.00 bits per heavy atom. The van der Waals surface area contributed by atoms with Crippen LogP contribution in [0, 0.1) is 0 Å². The SMILES string of the molecule is NCc1nc(-c2ccsc2)c(Cc2ccncc2)s1. The van der Waals surface area contributed by atoms with Crippen LogP contribution in [0.1, 0.15) is 15.4 Å². The third kappa shape index (κ3) is 2.73. The summed E-state index contributed by atoms with van der Waals surface area (Å²) in [4.78, 5) is 9.97. The van der Waals surface area contributed by atoms with Crippen LogP contribution in [0.3, 0.4) is 0 Å². The van der Waals surface area contributed by atoms with Gasteiger partial charge in [-0.3, -0.25) is 4.98 Å². The zero-order chi connectivity index (χ0) is 13.1. The van der Waals surface area contributed by atoms with Crippen LogP contribution >= 0.6 is 22.7 Å². The normalized spacial score (nSPS) is 10.8. The Labute approximate surface area is 119 Å². The molecule has 0 bridgehead atoms. The molecule has 0 aliphatic carbocycles. The molecule has 3 heterocycles. The molecule has 5 heteroatoms. The predicted octanol–water partition coefficient (Wildman–Crippen LogP) is 3.32. The Kier molecular flexibility index (Phi) is 3.68. The van der Waals surface area contributed by atoms with E-state index in [-0.39, 0.29) is 0 Å². The van der Waals surface area contributed by atoms with Crippen molar-refractivity contribution in [2.75, 3.05) is 0 Å². The number of pyridine rings is 1. The van der Waals surface area contributed by atoms with Crippen molar-refractivity contribution < 1.29 is 0 Å². The second kappa shape index (κ2) is 5.61. The minimum atomic E-state index is 0.498. The second-order valence-corrected chi connectivity index (χ2v) is 6.08. The molecule has 3 aromatic heterocycles. The van der Waals surface area contributed by atoms with Crippen LogP contribution in [0.2, 0.25) is 0 Å². The summed E-state index contributed by atoms with van der Waals surface area (Å²) in [5.41, 5.74) is 9.23. The summed E-state index contributed by atoms with van der Waals surface area (Å²) in [5.74, 6) is 0. The van der Waals surface area contributed by atoms with Gasteiger partial charge in [0.05, 0.1) is 5.69 Å². The van der Waals surface area contributed by atoms with Crippen LogP contribution in [0.25, 0.3) is 11.3 Å². The van der Waals surface area contributed by atoms with Crippen LogP contribution in [-0.2, 0) is 13.0 Å². The number of aromatic nitrogens is 2. The van der Waals surface area contributed by atoms with E-state index in [0.717, 1.165) is 17.1 Å². The molecule has 3 rings (SSSR count). The van der Waals surface area contributed by atoms with Crippen LogP contribution in [0.5, 0.6) is 0 Å². The van der Waals surface area contributed by atoms with Crippen molar-refractivity contribution in [2.24, 2.45) is 5.73 Å². The van der Waals surface area contributed by atoms with Crippen LogP contribution < -0.4 is 5.73 Å². The van der Waals surface area contributed by atoms with Crippen molar-refractivity contribution in [3.05, 3.63) is 56.8 Å². The fourth-order valence-corrected chi connectivity index (χ4v) is 3.56. The monoisotopic (exact) mass is 287 g/mol. The van der Waals surface area contributed by atoms with Crippen molar-refractivity contribution in [3.63, 3.8) is 0 Å². The number of hydrogen-bond acceptors (Lipinski definition) is 5. The number of thiophene rings is 1. The van der Waals surface area contributed by atoms with Gasteiger partial charge in [-0.25, -0.2) is 4.98 Å². The highest BCUT2D eigenvalue weighted by Crippen LogP contribution is 2.31. The molecule has 0 saturated carbocycles. The smallest absolute Gasteiger partial charge is 0.107 e. The second-order valence-electron chi connectivity index (χ2n) is 4.13. The first-order valence-corrected chi connectivity index (χ1v) is 7.73. The third-order valence-corrected chi connectivity index (χ3v) is 4.59. The Balaban J connectivity index is 1.98. The van der Waals surface area contributed by atoms with Gasteiger partial charge in [-0.15, -0.1) is 11.3 Å². The minimum Gasteiger partial charge on any atom is -0.325 e. The average molecular weight is 287 g/mol. The summed E-state index contributed by atoms with van der Waals surface area (Å²) in [7, 11) is 0. The molecule has 0 saturated heterocycles. The highest BCUT2D eigenvalue weighted by Gasteiger charge is 2.13. The van der Waals surface area contributed by atoms with Gasteiger partial charge >= 0.3 is 0 Å². The summed E-state index contributed by atoms with van der Waals surface area (Å²) in [6.07, 6.45) is 4.53. The Morgan fingerprint density at radius 1 is 1.16 bits per heavy atom. The van der Waals surface area contributed by atoms with Gasteiger partial charge in [-0.05, 0) is 29.1 Å².